The highest BCUT2D eigenvalue weighted by Gasteiger charge is 2.39. The summed E-state index contributed by atoms with van der Waals surface area (Å²) in [5.74, 6) is -0.626. The van der Waals surface area contributed by atoms with Crippen molar-refractivity contribution in [2.45, 2.75) is 4.90 Å². The SMILES string of the molecule is CN1C(C(=O)[NH2+]c2ccccn2)=C(O)c2ccccc2S1(=O)=O. The van der Waals surface area contributed by atoms with Gasteiger partial charge in [-0.1, -0.05) is 18.2 Å². The largest absolute Gasteiger partial charge is 0.505 e. The summed E-state index contributed by atoms with van der Waals surface area (Å²) < 4.78 is 25.8. The molecule has 0 aliphatic carbocycles. The minimum Gasteiger partial charge on any atom is -0.505 e. The molecule has 0 saturated heterocycles. The van der Waals surface area contributed by atoms with Gasteiger partial charge in [0.1, 0.15) is 0 Å². The van der Waals surface area contributed by atoms with E-state index >= 15 is 0 Å². The molecule has 3 N–H and O–H groups in total. The van der Waals surface area contributed by atoms with E-state index in [1.54, 1.807) is 30.3 Å². The van der Waals surface area contributed by atoms with Gasteiger partial charge in [-0.15, -0.1) is 0 Å². The minimum absolute atomic E-state index is 0.0330. The maximum absolute atomic E-state index is 12.5. The minimum atomic E-state index is -3.89. The predicted octanol–water partition coefficient (Wildman–Crippen LogP) is 0.364. The highest BCUT2D eigenvalue weighted by atomic mass is 32.2. The van der Waals surface area contributed by atoms with Crippen LogP contribution in [0.2, 0.25) is 0 Å². The van der Waals surface area contributed by atoms with Crippen LogP contribution in [0.5, 0.6) is 0 Å². The van der Waals surface area contributed by atoms with Gasteiger partial charge in [0.25, 0.3) is 10.0 Å². The Kier molecular flexibility index (Phi) is 3.63. The molecule has 0 atom stereocenters. The molecule has 118 valence electrons. The molecule has 0 fully saturated rings. The number of amides is 1. The second-order valence-corrected chi connectivity index (χ2v) is 6.87. The molecular weight excluding hydrogens is 318 g/mol. The second-order valence-electron chi connectivity index (χ2n) is 4.93. The number of likely N-dealkylation sites (N-methyl/N-ethyl adjacent to an activating group) is 1. The molecule has 8 heteroatoms. The number of hydrogen-bond acceptors (Lipinski definition) is 5. The molecule has 23 heavy (non-hydrogen) atoms. The molecule has 0 saturated carbocycles. The van der Waals surface area contributed by atoms with E-state index in [1.807, 2.05) is 0 Å². The number of pyridine rings is 1. The van der Waals surface area contributed by atoms with Gasteiger partial charge in [0.05, 0.1) is 4.90 Å². The molecule has 1 aliphatic heterocycles. The van der Waals surface area contributed by atoms with Crippen LogP contribution in [-0.2, 0) is 14.8 Å². The van der Waals surface area contributed by atoms with E-state index in [0.29, 0.717) is 5.82 Å². The number of nitrogens with zero attached hydrogens (tertiary/aromatic N) is 2. The predicted molar refractivity (Wildman–Crippen MR) is 81.8 cm³/mol. The summed E-state index contributed by atoms with van der Waals surface area (Å²) in [6, 6.07) is 11.0. The standard InChI is InChI=1S/C15H13N3O4S/c1-18-13(15(20)17-12-8-4-5-9-16-12)14(19)10-6-2-3-7-11(10)23(18,21)22/h2-9,19H,1H3,(H,16,17,20)/p+1. The van der Waals surface area contributed by atoms with E-state index in [0.717, 1.165) is 4.31 Å². The molecule has 0 bridgehead atoms. The van der Waals surface area contributed by atoms with Gasteiger partial charge >= 0.3 is 5.91 Å². The first kappa shape index (κ1) is 15.2. The summed E-state index contributed by atoms with van der Waals surface area (Å²) >= 11 is 0. The second kappa shape index (κ2) is 5.49. The number of carbonyl (C=O) groups excluding carboxylic acids is 1. The Hall–Kier alpha value is -2.71. The molecule has 0 radical (unpaired) electrons. The normalized spacial score (nSPS) is 16.1. The van der Waals surface area contributed by atoms with Crippen molar-refractivity contribution in [3.8, 4) is 0 Å². The zero-order valence-corrected chi connectivity index (χ0v) is 13.0. The average Bonchev–Trinajstić information content (AvgIpc) is 2.54. The summed E-state index contributed by atoms with van der Waals surface area (Å²) in [5.41, 5.74) is -0.183. The van der Waals surface area contributed by atoms with Crippen molar-refractivity contribution in [1.29, 1.82) is 0 Å². The average molecular weight is 332 g/mol. The topological polar surface area (TPSA) is 104 Å². The fraction of sp³-hybridized carbons (Fsp3) is 0.0667. The van der Waals surface area contributed by atoms with Crippen LogP contribution >= 0.6 is 0 Å². The van der Waals surface area contributed by atoms with E-state index in [1.165, 1.54) is 30.7 Å². The van der Waals surface area contributed by atoms with E-state index in [9.17, 15) is 18.3 Å². The maximum atomic E-state index is 12.5. The van der Waals surface area contributed by atoms with Gasteiger partial charge < -0.3 is 5.11 Å². The molecule has 1 aromatic heterocycles. The summed E-state index contributed by atoms with van der Waals surface area (Å²) in [7, 11) is -2.65. The zero-order valence-electron chi connectivity index (χ0n) is 12.2. The number of aliphatic hydroxyl groups excluding tert-OH is 1. The number of rotatable bonds is 2. The smallest absolute Gasteiger partial charge is 0.369 e. The third-order valence-corrected chi connectivity index (χ3v) is 5.34. The van der Waals surface area contributed by atoms with Crippen LogP contribution in [0.15, 0.2) is 59.3 Å². The molecule has 7 nitrogen and oxygen atoms in total. The van der Waals surface area contributed by atoms with E-state index in [2.05, 4.69) is 4.98 Å². The Labute approximate surface area is 132 Å². The Morgan fingerprint density at radius 1 is 1.17 bits per heavy atom. The maximum Gasteiger partial charge on any atom is 0.369 e. The molecule has 0 spiro atoms. The monoisotopic (exact) mass is 332 g/mol. The number of aliphatic hydroxyl groups is 1. The van der Waals surface area contributed by atoms with E-state index < -0.39 is 15.9 Å². The molecule has 1 amide bonds. The number of hydrogen-bond donors (Lipinski definition) is 2. The van der Waals surface area contributed by atoms with E-state index in [-0.39, 0.29) is 21.9 Å². The number of aromatic nitrogens is 1. The van der Waals surface area contributed by atoms with Crippen molar-refractivity contribution in [3.05, 3.63) is 59.9 Å². The molecule has 3 rings (SSSR count). The Balaban J connectivity index is 2.09. The van der Waals surface area contributed by atoms with Gasteiger partial charge in [-0.2, -0.15) is 0 Å². The zero-order chi connectivity index (χ0) is 16.6. The van der Waals surface area contributed by atoms with Crippen molar-refractivity contribution >= 4 is 27.5 Å². The molecule has 1 aliphatic rings. The van der Waals surface area contributed by atoms with Gasteiger partial charge in [0.2, 0.25) is 5.82 Å². The quantitative estimate of drug-likeness (QED) is 0.826. The lowest BCUT2D eigenvalue weighted by Gasteiger charge is -2.26. The van der Waals surface area contributed by atoms with E-state index in [4.69, 9.17) is 0 Å². The number of carbonyl (C=O) groups is 1. The van der Waals surface area contributed by atoms with Crippen LogP contribution in [-0.4, -0.2) is 35.8 Å². The molecular formula is C15H14N3O4S+. The number of primary amides is 1. The van der Waals surface area contributed by atoms with Gasteiger partial charge in [-0.3, -0.25) is 4.31 Å². The fourth-order valence-electron chi connectivity index (χ4n) is 2.37. The first-order chi connectivity index (χ1) is 10.9. The van der Waals surface area contributed by atoms with Gasteiger partial charge in [0, 0.05) is 24.9 Å². The number of sulfonamides is 1. The van der Waals surface area contributed by atoms with Crippen molar-refractivity contribution < 1.29 is 23.6 Å². The van der Waals surface area contributed by atoms with Crippen LogP contribution in [0.4, 0.5) is 5.82 Å². The first-order valence-electron chi connectivity index (χ1n) is 6.74. The van der Waals surface area contributed by atoms with Crippen molar-refractivity contribution in [3.63, 3.8) is 0 Å². The summed E-state index contributed by atoms with van der Waals surface area (Å²) in [5, 5.41) is 11.6. The van der Waals surface area contributed by atoms with Crippen molar-refractivity contribution in [1.82, 2.24) is 9.29 Å². The first-order valence-corrected chi connectivity index (χ1v) is 8.18. The molecule has 2 heterocycles. The van der Waals surface area contributed by atoms with Crippen LogP contribution in [0, 0.1) is 0 Å². The Morgan fingerprint density at radius 2 is 1.87 bits per heavy atom. The van der Waals surface area contributed by atoms with Gasteiger partial charge in [-0.25, -0.2) is 23.5 Å². The van der Waals surface area contributed by atoms with Crippen molar-refractivity contribution in [2.75, 3.05) is 7.05 Å². The Morgan fingerprint density at radius 3 is 2.57 bits per heavy atom. The number of benzene rings is 1. The highest BCUT2D eigenvalue weighted by Crippen LogP contribution is 2.33. The third-order valence-electron chi connectivity index (χ3n) is 3.52. The van der Waals surface area contributed by atoms with Crippen LogP contribution < -0.4 is 5.32 Å². The fourth-order valence-corrected chi connectivity index (χ4v) is 3.77. The van der Waals surface area contributed by atoms with Crippen LogP contribution in [0.1, 0.15) is 5.56 Å². The summed E-state index contributed by atoms with van der Waals surface area (Å²) in [4.78, 5) is 16.4. The van der Waals surface area contributed by atoms with Crippen molar-refractivity contribution in [2.24, 2.45) is 0 Å². The third kappa shape index (κ3) is 2.47. The lowest BCUT2D eigenvalue weighted by atomic mass is 10.1. The van der Waals surface area contributed by atoms with Crippen LogP contribution in [0.25, 0.3) is 5.76 Å². The molecule has 0 unspecified atom stereocenters. The van der Waals surface area contributed by atoms with Gasteiger partial charge in [-0.05, 0) is 18.2 Å². The molecule has 1 aromatic carbocycles. The lowest BCUT2D eigenvalue weighted by molar-refractivity contribution is -0.484. The summed E-state index contributed by atoms with van der Waals surface area (Å²) in [6.45, 7) is 0. The lowest BCUT2D eigenvalue weighted by Crippen LogP contribution is -2.84. The van der Waals surface area contributed by atoms with Crippen LogP contribution in [0.3, 0.4) is 0 Å². The number of nitrogens with two attached hydrogens (primary N) is 1. The number of quaternary nitrogens is 1. The highest BCUT2D eigenvalue weighted by molar-refractivity contribution is 7.89. The number of fused-ring (bicyclic) bond motifs is 1. The molecule has 2 aromatic rings. The Bertz CT molecular complexity index is 907. The van der Waals surface area contributed by atoms with Gasteiger partial charge in [0.15, 0.2) is 11.5 Å². The summed E-state index contributed by atoms with van der Waals surface area (Å²) in [6.07, 6.45) is 1.52.